The van der Waals surface area contributed by atoms with Gasteiger partial charge in [0.2, 0.25) is 11.7 Å². The third kappa shape index (κ3) is 3.09. The number of carbonyl (C=O) groups excluding carboxylic acids is 2. The molecular weight excluding hydrogens is 330 g/mol. The van der Waals surface area contributed by atoms with Crippen LogP contribution in [-0.2, 0) is 4.79 Å². The van der Waals surface area contributed by atoms with E-state index in [9.17, 15) is 18.4 Å². The van der Waals surface area contributed by atoms with Crippen molar-refractivity contribution in [3.63, 3.8) is 0 Å². The van der Waals surface area contributed by atoms with Crippen molar-refractivity contribution in [3.05, 3.63) is 24.3 Å². The number of carbonyl (C=O) groups is 2. The molecule has 4 rings (SSSR count). The normalized spacial score (nSPS) is 29.0. The molecule has 6 nitrogen and oxygen atoms in total. The van der Waals surface area contributed by atoms with Gasteiger partial charge in [-0.05, 0) is 30.7 Å². The number of piperidine rings is 1. The van der Waals surface area contributed by atoms with Gasteiger partial charge in [0.05, 0.1) is 0 Å². The Morgan fingerprint density at radius 3 is 2.44 bits per heavy atom. The van der Waals surface area contributed by atoms with E-state index in [0.717, 1.165) is 25.7 Å². The molecule has 0 bridgehead atoms. The SMILES string of the molecule is O=C(NC1CN(C(=O)c2ncccn2)CC2(CCC2)C1)C1CC1(F)F. The number of rotatable bonds is 3. The van der Waals surface area contributed by atoms with Crippen molar-refractivity contribution in [3.8, 4) is 0 Å². The largest absolute Gasteiger partial charge is 0.351 e. The van der Waals surface area contributed by atoms with Crippen LogP contribution >= 0.6 is 0 Å². The number of nitrogens with one attached hydrogen (secondary N) is 1. The number of likely N-dealkylation sites (tertiary alicyclic amines) is 1. The molecule has 0 aromatic carbocycles. The molecule has 1 aliphatic heterocycles. The molecule has 2 heterocycles. The molecule has 3 aliphatic rings. The number of amides is 2. The number of nitrogens with zero attached hydrogens (tertiary/aromatic N) is 3. The lowest BCUT2D eigenvalue weighted by Crippen LogP contribution is -2.59. The Balaban J connectivity index is 1.47. The first-order valence-electron chi connectivity index (χ1n) is 8.63. The Labute approximate surface area is 144 Å². The lowest BCUT2D eigenvalue weighted by Gasteiger charge is -2.51. The molecule has 2 amide bonds. The molecular formula is C17H20F2N4O2. The lowest BCUT2D eigenvalue weighted by atomic mass is 9.63. The highest BCUT2D eigenvalue weighted by atomic mass is 19.3. The molecule has 0 radical (unpaired) electrons. The number of aromatic nitrogens is 2. The van der Waals surface area contributed by atoms with Crippen molar-refractivity contribution in [2.45, 2.75) is 44.1 Å². The summed E-state index contributed by atoms with van der Waals surface area (Å²) in [6, 6.07) is 1.34. The van der Waals surface area contributed by atoms with Crippen molar-refractivity contribution >= 4 is 11.8 Å². The summed E-state index contributed by atoms with van der Waals surface area (Å²) < 4.78 is 26.2. The molecule has 134 valence electrons. The van der Waals surface area contributed by atoms with Gasteiger partial charge >= 0.3 is 0 Å². The van der Waals surface area contributed by atoms with Crippen molar-refractivity contribution in [2.24, 2.45) is 11.3 Å². The minimum atomic E-state index is -2.87. The van der Waals surface area contributed by atoms with Gasteiger partial charge < -0.3 is 10.2 Å². The fraction of sp³-hybridized carbons (Fsp3) is 0.647. The summed E-state index contributed by atoms with van der Waals surface area (Å²) in [5, 5.41) is 2.74. The van der Waals surface area contributed by atoms with Crippen LogP contribution in [0.4, 0.5) is 8.78 Å². The monoisotopic (exact) mass is 350 g/mol. The van der Waals surface area contributed by atoms with E-state index in [-0.39, 0.29) is 29.6 Å². The Bertz CT molecular complexity index is 693. The zero-order chi connectivity index (χ0) is 17.7. The van der Waals surface area contributed by atoms with Crippen molar-refractivity contribution in [1.82, 2.24) is 20.2 Å². The average Bonchev–Trinajstić information content (AvgIpc) is 3.22. The first-order chi connectivity index (χ1) is 11.9. The summed E-state index contributed by atoms with van der Waals surface area (Å²) in [7, 11) is 0. The summed E-state index contributed by atoms with van der Waals surface area (Å²) in [6.07, 6.45) is 6.44. The third-order valence-corrected chi connectivity index (χ3v) is 5.59. The Morgan fingerprint density at radius 1 is 1.20 bits per heavy atom. The zero-order valence-corrected chi connectivity index (χ0v) is 13.8. The predicted octanol–water partition coefficient (Wildman–Crippen LogP) is 1.63. The van der Waals surface area contributed by atoms with Gasteiger partial charge in [-0.25, -0.2) is 18.7 Å². The van der Waals surface area contributed by atoms with Crippen molar-refractivity contribution < 1.29 is 18.4 Å². The van der Waals surface area contributed by atoms with Crippen LogP contribution in [-0.4, -0.2) is 51.7 Å². The second-order valence-corrected chi connectivity index (χ2v) is 7.54. The Hall–Kier alpha value is -2.12. The van der Waals surface area contributed by atoms with Crippen molar-refractivity contribution in [2.75, 3.05) is 13.1 Å². The van der Waals surface area contributed by atoms with Crippen LogP contribution in [0, 0.1) is 11.3 Å². The van der Waals surface area contributed by atoms with Gasteiger partial charge in [-0.15, -0.1) is 0 Å². The van der Waals surface area contributed by atoms with Gasteiger partial charge in [0.15, 0.2) is 0 Å². The molecule has 1 aromatic rings. The fourth-order valence-corrected chi connectivity index (χ4v) is 4.03. The highest BCUT2D eigenvalue weighted by Crippen LogP contribution is 2.50. The highest BCUT2D eigenvalue weighted by Gasteiger charge is 2.61. The van der Waals surface area contributed by atoms with Gasteiger partial charge in [0.25, 0.3) is 11.8 Å². The first-order valence-corrected chi connectivity index (χ1v) is 8.63. The van der Waals surface area contributed by atoms with Gasteiger partial charge in [0.1, 0.15) is 5.92 Å². The van der Waals surface area contributed by atoms with E-state index in [4.69, 9.17) is 0 Å². The molecule has 2 unspecified atom stereocenters. The molecule has 1 N–H and O–H groups in total. The average molecular weight is 350 g/mol. The predicted molar refractivity (Wildman–Crippen MR) is 83.8 cm³/mol. The van der Waals surface area contributed by atoms with Crippen LogP contribution in [0.5, 0.6) is 0 Å². The third-order valence-electron chi connectivity index (χ3n) is 5.59. The maximum absolute atomic E-state index is 13.1. The van der Waals surface area contributed by atoms with Crippen molar-refractivity contribution in [1.29, 1.82) is 0 Å². The quantitative estimate of drug-likeness (QED) is 0.899. The second kappa shape index (κ2) is 5.71. The van der Waals surface area contributed by atoms with E-state index in [0.29, 0.717) is 13.1 Å². The Morgan fingerprint density at radius 2 is 1.88 bits per heavy atom. The van der Waals surface area contributed by atoms with Gasteiger partial charge in [-0.3, -0.25) is 9.59 Å². The minimum absolute atomic E-state index is 0.0211. The molecule has 1 spiro atoms. The smallest absolute Gasteiger partial charge is 0.291 e. The minimum Gasteiger partial charge on any atom is -0.351 e. The number of hydrogen-bond donors (Lipinski definition) is 1. The number of alkyl halides is 2. The topological polar surface area (TPSA) is 75.2 Å². The van der Waals surface area contributed by atoms with E-state index in [1.807, 2.05) is 0 Å². The van der Waals surface area contributed by atoms with Crippen LogP contribution in [0.2, 0.25) is 0 Å². The maximum atomic E-state index is 13.1. The van der Waals surface area contributed by atoms with Crippen LogP contribution in [0.3, 0.4) is 0 Å². The van der Waals surface area contributed by atoms with E-state index in [1.165, 1.54) is 12.4 Å². The molecule has 8 heteroatoms. The van der Waals surface area contributed by atoms with E-state index in [2.05, 4.69) is 15.3 Å². The van der Waals surface area contributed by atoms with Gasteiger partial charge in [-0.2, -0.15) is 0 Å². The zero-order valence-electron chi connectivity index (χ0n) is 13.8. The molecule has 2 aliphatic carbocycles. The molecule has 2 saturated carbocycles. The summed E-state index contributed by atoms with van der Waals surface area (Å²) in [5.74, 6) is -4.84. The van der Waals surface area contributed by atoms with Crippen LogP contribution < -0.4 is 5.32 Å². The van der Waals surface area contributed by atoms with E-state index >= 15 is 0 Å². The molecule has 3 fully saturated rings. The lowest BCUT2D eigenvalue weighted by molar-refractivity contribution is -0.126. The number of hydrogen-bond acceptors (Lipinski definition) is 4. The first kappa shape index (κ1) is 16.4. The van der Waals surface area contributed by atoms with Crippen LogP contribution in [0.15, 0.2) is 18.5 Å². The Kier molecular flexibility index (Phi) is 3.73. The molecule has 1 aromatic heterocycles. The highest BCUT2D eigenvalue weighted by molar-refractivity contribution is 5.90. The second-order valence-electron chi connectivity index (χ2n) is 7.54. The van der Waals surface area contributed by atoms with E-state index in [1.54, 1.807) is 11.0 Å². The van der Waals surface area contributed by atoms with Crippen LogP contribution in [0.1, 0.15) is 42.7 Å². The molecule has 1 saturated heterocycles. The van der Waals surface area contributed by atoms with Crippen LogP contribution in [0.25, 0.3) is 0 Å². The summed E-state index contributed by atoms with van der Waals surface area (Å²) in [6.45, 7) is 0.916. The van der Waals surface area contributed by atoms with E-state index < -0.39 is 17.7 Å². The van der Waals surface area contributed by atoms with Gasteiger partial charge in [0, 0.05) is 37.9 Å². The standard InChI is InChI=1S/C17H20F2N4O2/c18-17(19)8-12(17)14(24)22-11-7-16(3-1-4-16)10-23(9-11)15(25)13-20-5-2-6-21-13/h2,5-6,11-12H,1,3-4,7-10H2,(H,22,24). The summed E-state index contributed by atoms with van der Waals surface area (Å²) >= 11 is 0. The summed E-state index contributed by atoms with van der Waals surface area (Å²) in [5.41, 5.74) is -0.0211. The van der Waals surface area contributed by atoms with Gasteiger partial charge in [-0.1, -0.05) is 6.42 Å². The summed E-state index contributed by atoms with van der Waals surface area (Å²) in [4.78, 5) is 34.4. The maximum Gasteiger partial charge on any atom is 0.291 e. The molecule has 2 atom stereocenters. The fourth-order valence-electron chi connectivity index (χ4n) is 4.03. The molecule has 25 heavy (non-hydrogen) atoms. The number of halogens is 2.